The van der Waals surface area contributed by atoms with Gasteiger partial charge in [-0.15, -0.1) is 0 Å². The van der Waals surface area contributed by atoms with Crippen LogP contribution in [0, 0.1) is 0 Å². The zero-order chi connectivity index (χ0) is 13.6. The van der Waals surface area contributed by atoms with Gasteiger partial charge in [-0.25, -0.2) is 0 Å². The molecule has 2 aliphatic rings. The highest BCUT2D eigenvalue weighted by molar-refractivity contribution is 5.55. The minimum atomic E-state index is 0.611. The summed E-state index contributed by atoms with van der Waals surface area (Å²) < 4.78 is 11.4. The summed E-state index contributed by atoms with van der Waals surface area (Å²) in [6.07, 6.45) is 10.4. The van der Waals surface area contributed by atoms with Crippen LogP contribution in [0.1, 0.15) is 51.4 Å². The molecule has 3 rings (SSSR count). The van der Waals surface area contributed by atoms with Crippen LogP contribution in [-0.2, 0) is 0 Å². The molecule has 1 N–H and O–H groups in total. The van der Waals surface area contributed by atoms with Gasteiger partial charge in [-0.2, -0.15) is 0 Å². The first-order valence-corrected chi connectivity index (χ1v) is 8.08. The van der Waals surface area contributed by atoms with Gasteiger partial charge in [0.05, 0.1) is 13.2 Å². The first-order chi connectivity index (χ1) is 9.92. The van der Waals surface area contributed by atoms with Gasteiger partial charge < -0.3 is 14.8 Å². The van der Waals surface area contributed by atoms with Gasteiger partial charge in [0, 0.05) is 24.2 Å². The quantitative estimate of drug-likeness (QED) is 0.869. The van der Waals surface area contributed by atoms with E-state index in [1.54, 1.807) is 0 Å². The van der Waals surface area contributed by atoms with Crippen LogP contribution in [0.15, 0.2) is 18.2 Å². The monoisotopic (exact) mass is 275 g/mol. The van der Waals surface area contributed by atoms with Crippen molar-refractivity contribution < 1.29 is 9.47 Å². The number of rotatable bonds is 2. The molecule has 3 nitrogen and oxygen atoms in total. The highest BCUT2D eigenvalue weighted by atomic mass is 16.5. The zero-order valence-corrected chi connectivity index (χ0v) is 12.2. The van der Waals surface area contributed by atoms with E-state index in [1.165, 1.54) is 50.6 Å². The molecule has 1 saturated carbocycles. The van der Waals surface area contributed by atoms with Gasteiger partial charge in [0.1, 0.15) is 0 Å². The zero-order valence-electron chi connectivity index (χ0n) is 12.2. The predicted octanol–water partition coefficient (Wildman–Crippen LogP) is 4.37. The van der Waals surface area contributed by atoms with Crippen molar-refractivity contribution in [1.29, 1.82) is 0 Å². The molecule has 110 valence electrons. The van der Waals surface area contributed by atoms with E-state index in [0.29, 0.717) is 6.04 Å². The predicted molar refractivity (Wildman–Crippen MR) is 81.8 cm³/mol. The molecule has 0 saturated heterocycles. The van der Waals surface area contributed by atoms with Crippen molar-refractivity contribution in [2.24, 2.45) is 0 Å². The summed E-state index contributed by atoms with van der Waals surface area (Å²) in [5.41, 5.74) is 1.17. The number of hydrogen-bond donors (Lipinski definition) is 1. The lowest BCUT2D eigenvalue weighted by atomic mass is 9.96. The standard InChI is InChI=1S/C17H25NO2/c1-2-4-7-14(8-5-3-1)18-15-9-10-16-17(13-15)20-12-6-11-19-16/h9-10,13-14,18H,1-8,11-12H2. The molecule has 0 unspecified atom stereocenters. The van der Waals surface area contributed by atoms with Crippen LogP contribution in [0.25, 0.3) is 0 Å². The van der Waals surface area contributed by atoms with Gasteiger partial charge in [-0.05, 0) is 25.0 Å². The van der Waals surface area contributed by atoms with E-state index in [-0.39, 0.29) is 0 Å². The van der Waals surface area contributed by atoms with Crippen molar-refractivity contribution in [2.45, 2.75) is 57.4 Å². The molecule has 1 aliphatic heterocycles. The molecule has 1 aromatic rings. The number of benzene rings is 1. The number of anilines is 1. The smallest absolute Gasteiger partial charge is 0.163 e. The number of ether oxygens (including phenoxy) is 2. The Morgan fingerprint density at radius 2 is 1.50 bits per heavy atom. The summed E-state index contributed by atoms with van der Waals surface area (Å²) in [5.74, 6) is 1.77. The Labute approximate surface area is 121 Å². The fourth-order valence-corrected chi connectivity index (χ4v) is 3.09. The first-order valence-electron chi connectivity index (χ1n) is 8.08. The van der Waals surface area contributed by atoms with Crippen molar-refractivity contribution in [3.8, 4) is 11.5 Å². The van der Waals surface area contributed by atoms with Crippen molar-refractivity contribution in [2.75, 3.05) is 18.5 Å². The Morgan fingerprint density at radius 1 is 0.800 bits per heavy atom. The van der Waals surface area contributed by atoms with Crippen LogP contribution >= 0.6 is 0 Å². The summed E-state index contributed by atoms with van der Waals surface area (Å²) in [6, 6.07) is 6.86. The summed E-state index contributed by atoms with van der Waals surface area (Å²) in [7, 11) is 0. The molecule has 1 aliphatic carbocycles. The normalized spacial score (nSPS) is 20.6. The average molecular weight is 275 g/mol. The SMILES string of the molecule is c1cc2c(cc1NC1CCCCCCC1)OCCCO2. The summed E-state index contributed by atoms with van der Waals surface area (Å²) in [6.45, 7) is 1.50. The molecule has 0 spiro atoms. The van der Waals surface area contributed by atoms with Gasteiger partial charge in [0.2, 0.25) is 0 Å². The van der Waals surface area contributed by atoms with Crippen molar-refractivity contribution in [3.05, 3.63) is 18.2 Å². The Kier molecular flexibility index (Phi) is 4.67. The molecule has 20 heavy (non-hydrogen) atoms. The topological polar surface area (TPSA) is 30.5 Å². The second-order valence-electron chi connectivity index (χ2n) is 5.90. The molecule has 0 amide bonds. The van der Waals surface area contributed by atoms with Crippen LogP contribution < -0.4 is 14.8 Å². The Balaban J connectivity index is 1.65. The van der Waals surface area contributed by atoms with E-state index in [2.05, 4.69) is 17.4 Å². The second kappa shape index (κ2) is 6.87. The van der Waals surface area contributed by atoms with Gasteiger partial charge in [0.25, 0.3) is 0 Å². The Bertz CT molecular complexity index is 425. The fourth-order valence-electron chi connectivity index (χ4n) is 3.09. The summed E-state index contributed by atoms with van der Waals surface area (Å²) in [5, 5.41) is 3.68. The summed E-state index contributed by atoms with van der Waals surface area (Å²) in [4.78, 5) is 0. The lowest BCUT2D eigenvalue weighted by molar-refractivity contribution is 0.297. The molecule has 1 aromatic carbocycles. The Hall–Kier alpha value is -1.38. The minimum Gasteiger partial charge on any atom is -0.490 e. The maximum atomic E-state index is 5.76. The first kappa shape index (κ1) is 13.6. The van der Waals surface area contributed by atoms with E-state index in [4.69, 9.17) is 9.47 Å². The van der Waals surface area contributed by atoms with Gasteiger partial charge in [-0.1, -0.05) is 32.1 Å². The largest absolute Gasteiger partial charge is 0.490 e. The highest BCUT2D eigenvalue weighted by Crippen LogP contribution is 2.33. The average Bonchev–Trinajstić information content (AvgIpc) is 2.66. The van der Waals surface area contributed by atoms with Crippen LogP contribution in [0.3, 0.4) is 0 Å². The van der Waals surface area contributed by atoms with Gasteiger partial charge in [0.15, 0.2) is 11.5 Å². The summed E-state index contributed by atoms with van der Waals surface area (Å²) >= 11 is 0. The second-order valence-corrected chi connectivity index (χ2v) is 5.90. The maximum absolute atomic E-state index is 5.76. The molecule has 0 radical (unpaired) electrons. The number of fused-ring (bicyclic) bond motifs is 1. The van der Waals surface area contributed by atoms with Crippen LogP contribution in [0.2, 0.25) is 0 Å². The van der Waals surface area contributed by atoms with Gasteiger partial charge in [-0.3, -0.25) is 0 Å². The van der Waals surface area contributed by atoms with E-state index in [9.17, 15) is 0 Å². The molecule has 0 atom stereocenters. The Morgan fingerprint density at radius 3 is 2.30 bits per heavy atom. The third kappa shape index (κ3) is 3.59. The van der Waals surface area contributed by atoms with Crippen LogP contribution in [0.5, 0.6) is 11.5 Å². The molecule has 1 heterocycles. The lowest BCUT2D eigenvalue weighted by Gasteiger charge is -2.22. The molecule has 1 fully saturated rings. The van der Waals surface area contributed by atoms with Crippen molar-refractivity contribution in [3.63, 3.8) is 0 Å². The molecule has 0 bridgehead atoms. The molecular formula is C17H25NO2. The van der Waals surface area contributed by atoms with Crippen molar-refractivity contribution in [1.82, 2.24) is 0 Å². The number of hydrogen-bond acceptors (Lipinski definition) is 3. The van der Waals surface area contributed by atoms with E-state index in [0.717, 1.165) is 31.1 Å². The van der Waals surface area contributed by atoms with Crippen LogP contribution in [-0.4, -0.2) is 19.3 Å². The van der Waals surface area contributed by atoms with E-state index < -0.39 is 0 Å². The molecular weight excluding hydrogens is 250 g/mol. The molecule has 0 aromatic heterocycles. The maximum Gasteiger partial charge on any atom is 0.163 e. The third-order valence-corrected chi connectivity index (χ3v) is 4.22. The molecule has 3 heteroatoms. The fraction of sp³-hybridized carbons (Fsp3) is 0.647. The number of nitrogens with one attached hydrogen (secondary N) is 1. The van der Waals surface area contributed by atoms with Crippen molar-refractivity contribution >= 4 is 5.69 Å². The van der Waals surface area contributed by atoms with E-state index in [1.807, 2.05) is 6.07 Å². The third-order valence-electron chi connectivity index (χ3n) is 4.22. The minimum absolute atomic E-state index is 0.611. The van der Waals surface area contributed by atoms with E-state index >= 15 is 0 Å². The van der Waals surface area contributed by atoms with Crippen LogP contribution in [0.4, 0.5) is 5.69 Å². The lowest BCUT2D eigenvalue weighted by Crippen LogP contribution is -2.20. The highest BCUT2D eigenvalue weighted by Gasteiger charge is 2.14. The van der Waals surface area contributed by atoms with Gasteiger partial charge >= 0.3 is 0 Å².